The molecule has 0 rings (SSSR count). The van der Waals surface area contributed by atoms with Gasteiger partial charge in [-0.05, 0) is 12.8 Å². The number of aliphatic carboxylic acids is 1. The molecule has 18 N–H and O–H groups in total. The number of alkyl carbamates (subject to hydrolysis) is 1. The van der Waals surface area contributed by atoms with Crippen molar-refractivity contribution in [2.24, 2.45) is 17.6 Å². The topological polar surface area (TPSA) is 562 Å². The molecule has 36 nitrogen and oxygen atoms in total. The lowest BCUT2D eigenvalue weighted by Gasteiger charge is -2.26. The average molecular weight is 1320 g/mol. The molecule has 528 valence electrons. The smallest absolute Gasteiger partial charge is 0.407 e. The van der Waals surface area contributed by atoms with E-state index in [9.17, 15) is 88.8 Å². The van der Waals surface area contributed by atoms with Gasteiger partial charge in [-0.3, -0.25) is 43.2 Å². The van der Waals surface area contributed by atoms with Gasteiger partial charge in [-0.25, -0.2) is 4.79 Å². The number of carbonyl (C=O) groups excluding carboxylic acids is 9. The van der Waals surface area contributed by atoms with E-state index in [1.807, 2.05) is 0 Å². The van der Waals surface area contributed by atoms with Crippen LogP contribution in [0.15, 0.2) is 0 Å². The van der Waals surface area contributed by atoms with Crippen LogP contribution in [0.25, 0.3) is 0 Å². The van der Waals surface area contributed by atoms with Crippen molar-refractivity contribution >= 4 is 58.8 Å². The molecule has 0 aromatic heterocycles. The summed E-state index contributed by atoms with van der Waals surface area (Å²) < 4.78 is 48.8. The van der Waals surface area contributed by atoms with Crippen LogP contribution in [0.4, 0.5) is 4.79 Å². The molecule has 0 spiro atoms. The van der Waals surface area contributed by atoms with Crippen molar-refractivity contribution in [3.8, 4) is 0 Å². The van der Waals surface area contributed by atoms with Gasteiger partial charge >= 0.3 is 12.1 Å². The van der Waals surface area contributed by atoms with Crippen LogP contribution < -0.4 is 32.3 Å². The van der Waals surface area contributed by atoms with Gasteiger partial charge in [-0.1, -0.05) is 0 Å². The summed E-state index contributed by atoms with van der Waals surface area (Å²) in [4.78, 5) is 122. The van der Waals surface area contributed by atoms with E-state index < -0.39 is 165 Å². The minimum atomic E-state index is -1.98. The van der Waals surface area contributed by atoms with E-state index >= 15 is 0 Å². The van der Waals surface area contributed by atoms with Crippen molar-refractivity contribution in [3.63, 3.8) is 0 Å². The number of Topliss-reactive ketones (excluding diaryl/α,β-unsaturated/α-hetero) is 4. The first-order valence-electron chi connectivity index (χ1n) is 29.7. The zero-order valence-corrected chi connectivity index (χ0v) is 51.3. The highest BCUT2D eigenvalue weighted by Gasteiger charge is 2.33. The lowest BCUT2D eigenvalue weighted by Crippen LogP contribution is -2.50. The molecule has 0 fully saturated rings. The van der Waals surface area contributed by atoms with E-state index in [1.165, 1.54) is 0 Å². The van der Waals surface area contributed by atoms with Crippen molar-refractivity contribution in [1.82, 2.24) is 26.6 Å². The number of hydrogen-bond acceptors (Lipinski definition) is 30. The summed E-state index contributed by atoms with van der Waals surface area (Å²) >= 11 is 0. The number of aliphatic hydroxyl groups excluding tert-OH is 10. The summed E-state index contributed by atoms with van der Waals surface area (Å²) in [6, 6.07) is 0. The van der Waals surface area contributed by atoms with Crippen molar-refractivity contribution in [2.45, 2.75) is 113 Å². The maximum absolute atomic E-state index is 13.1. The van der Waals surface area contributed by atoms with Crippen LogP contribution >= 0.6 is 0 Å². The number of carbonyl (C=O) groups is 10. The van der Waals surface area contributed by atoms with E-state index in [1.54, 1.807) is 0 Å². The van der Waals surface area contributed by atoms with Crippen LogP contribution in [-0.2, 0) is 85.8 Å². The first-order valence-corrected chi connectivity index (χ1v) is 29.7. The van der Waals surface area contributed by atoms with Crippen LogP contribution in [0, 0.1) is 11.8 Å². The lowest BCUT2D eigenvalue weighted by atomic mass is 9.94. The largest absolute Gasteiger partial charge is 0.481 e. The van der Waals surface area contributed by atoms with E-state index in [0.29, 0.717) is 46.2 Å². The van der Waals surface area contributed by atoms with Gasteiger partial charge in [-0.2, -0.15) is 0 Å². The van der Waals surface area contributed by atoms with E-state index in [2.05, 4.69) is 26.6 Å². The molecule has 0 unspecified atom stereocenters. The van der Waals surface area contributed by atoms with Crippen LogP contribution in [0.2, 0.25) is 0 Å². The van der Waals surface area contributed by atoms with Gasteiger partial charge in [0.25, 0.3) is 0 Å². The van der Waals surface area contributed by atoms with Crippen LogP contribution in [0.1, 0.15) is 64.2 Å². The quantitative estimate of drug-likeness (QED) is 0.0252. The number of ether oxygens (including phenoxy) is 9. The number of rotatable bonds is 62. The predicted octanol–water partition coefficient (Wildman–Crippen LogP) is -8.36. The molecule has 0 saturated heterocycles. The monoisotopic (exact) mass is 1320 g/mol. The number of nitrogens with two attached hydrogens (primary N) is 1. The second kappa shape index (κ2) is 55.0. The van der Waals surface area contributed by atoms with Crippen molar-refractivity contribution in [2.75, 3.05) is 165 Å². The molecule has 0 radical (unpaired) electrons. The molecule has 10 atom stereocenters. The highest BCUT2D eigenvalue weighted by molar-refractivity contribution is 5.93. The Hall–Kier alpha value is -5.46. The Morgan fingerprint density at radius 1 is 0.396 bits per heavy atom. The fourth-order valence-electron chi connectivity index (χ4n) is 7.42. The normalized spacial score (nSPS) is 14.7. The molecule has 36 heteroatoms. The Bertz CT molecular complexity index is 2050. The Labute approximate surface area is 526 Å². The molecule has 0 aromatic carbocycles. The van der Waals surface area contributed by atoms with Gasteiger partial charge in [0, 0.05) is 77.1 Å². The third kappa shape index (κ3) is 46.3. The third-order valence-corrected chi connectivity index (χ3v) is 12.8. The van der Waals surface area contributed by atoms with Gasteiger partial charge in [0.2, 0.25) is 23.6 Å². The summed E-state index contributed by atoms with van der Waals surface area (Å²) in [5.74, 6) is -7.93. The minimum absolute atomic E-state index is 0.0343. The molecule has 5 amide bonds. The summed E-state index contributed by atoms with van der Waals surface area (Å²) in [7, 11) is 0. The number of carboxylic acids is 1. The average Bonchev–Trinajstić information content (AvgIpc) is 3.63. The molecular weight excluding hydrogens is 1220 g/mol. The van der Waals surface area contributed by atoms with Crippen LogP contribution in [-0.4, -0.2) is 329 Å². The zero-order valence-electron chi connectivity index (χ0n) is 51.3. The molecule has 91 heavy (non-hydrogen) atoms. The number of amides is 5. The van der Waals surface area contributed by atoms with Gasteiger partial charge in [0.1, 0.15) is 54.8 Å². The summed E-state index contributed by atoms with van der Waals surface area (Å²) in [6.45, 7) is -1.06. The Kier molecular flexibility index (Phi) is 51.7. The molecule has 0 heterocycles. The van der Waals surface area contributed by atoms with E-state index in [-0.39, 0.29) is 137 Å². The highest BCUT2D eigenvalue weighted by atomic mass is 16.6. The second-order valence-corrected chi connectivity index (χ2v) is 20.2. The number of aliphatic hydroxyl groups is 10. The number of nitrogens with one attached hydrogen (secondary N) is 5. The van der Waals surface area contributed by atoms with Crippen molar-refractivity contribution < 1.29 is 147 Å². The first-order chi connectivity index (χ1) is 43.5. The second-order valence-electron chi connectivity index (χ2n) is 20.2. The van der Waals surface area contributed by atoms with Crippen molar-refractivity contribution in [3.05, 3.63) is 0 Å². The summed E-state index contributed by atoms with van der Waals surface area (Å²) in [5.41, 5.74) is 5.16. The Balaban J connectivity index is 4.29. The molecular formula is C55H98N6O30. The number of ketones is 4. The zero-order chi connectivity index (χ0) is 68.2. The molecule has 0 aromatic rings. The van der Waals surface area contributed by atoms with Gasteiger partial charge in [0.15, 0.2) is 11.6 Å². The Morgan fingerprint density at radius 3 is 1.29 bits per heavy atom. The number of hydrogen-bond donors (Lipinski definition) is 17. The number of carboxylic acid groups (broad SMARTS) is 1. The minimum Gasteiger partial charge on any atom is -0.481 e. The molecule has 0 aliphatic carbocycles. The lowest BCUT2D eigenvalue weighted by molar-refractivity contribution is -0.137. The highest BCUT2D eigenvalue weighted by Crippen LogP contribution is 2.16. The standard InChI is InChI=1S/C55H98N6O30/c56-28-48(74)59-29-39(65)4-6-47(73)58-30-40(66)27-37(35-91-55(82)57-9-7-49(75)76)41(67)2-1-10-83-12-14-85-16-18-87-20-22-89-24-25-90-23-21-88-19-17-86-15-13-84-11-8-38(64)26-36(54(81)61-32-43(69)51(78)53(80)45(71)34-63)3-5-46(72)60-31-42(68)50(77)52(79)44(70)33-62/h36-37,42-45,50-53,62-63,68-71,77-80H,1-35,56H2,(H,57,82)(H,58,73)(H,59,74)(H,60,72)(H,61,81)(H,75,76)/t36-,37+,42+,43+,44-,45-,50-,51-,52-,53-/m1/s1. The van der Waals surface area contributed by atoms with Crippen molar-refractivity contribution in [1.29, 1.82) is 0 Å². The fraction of sp³-hybridized carbons (Fsp3) is 0.818. The molecule has 0 bridgehead atoms. The van der Waals surface area contributed by atoms with Gasteiger partial charge in [-0.15, -0.1) is 0 Å². The molecule has 0 aliphatic rings. The fourth-order valence-corrected chi connectivity index (χ4v) is 7.42. The third-order valence-electron chi connectivity index (χ3n) is 12.8. The maximum Gasteiger partial charge on any atom is 0.407 e. The maximum atomic E-state index is 13.1. The first kappa shape index (κ1) is 85.5. The Morgan fingerprint density at radius 2 is 0.813 bits per heavy atom. The van der Waals surface area contributed by atoms with E-state index in [4.69, 9.17) is 63.7 Å². The summed E-state index contributed by atoms with van der Waals surface area (Å²) in [6.07, 6.45) is -18.1. The molecule has 0 aliphatic heterocycles. The van der Waals surface area contributed by atoms with Crippen LogP contribution in [0.3, 0.4) is 0 Å². The van der Waals surface area contributed by atoms with Crippen LogP contribution in [0.5, 0.6) is 0 Å². The SMILES string of the molecule is NCC(=O)NCC(=O)CCC(=O)NCC(=O)C[C@@H](COC(=O)NCCC(=O)O)C(=O)CCCOCCOCCOCCOCCOCCOCCOCCOCCC(=O)C[C@@H](CCC(=O)NC[C@H](O)[C@@H](O)[C@H](O)[C@H](O)CO)C(=O)NC[C@H](O)[C@@H](O)[C@H](O)[C@H](O)CO. The van der Waals surface area contributed by atoms with E-state index in [0.717, 1.165) is 0 Å². The predicted molar refractivity (Wildman–Crippen MR) is 310 cm³/mol. The molecule has 0 saturated carbocycles. The summed E-state index contributed by atoms with van der Waals surface area (Å²) in [5, 5.41) is 117. The van der Waals surface area contributed by atoms with Gasteiger partial charge < -0.3 is 131 Å². The van der Waals surface area contributed by atoms with Gasteiger partial charge in [0.05, 0.1) is 156 Å².